The Labute approximate surface area is 123 Å². The van der Waals surface area contributed by atoms with E-state index in [-0.39, 0.29) is 11.4 Å². The molecule has 0 aliphatic carbocycles. The Hall–Kier alpha value is -1.11. The quantitative estimate of drug-likeness (QED) is 0.916. The van der Waals surface area contributed by atoms with Gasteiger partial charge < -0.3 is 5.32 Å². The number of halogens is 4. The van der Waals surface area contributed by atoms with Crippen molar-refractivity contribution in [1.82, 2.24) is 10.3 Å². The Bertz CT molecular complexity index is 596. The summed E-state index contributed by atoms with van der Waals surface area (Å²) in [5, 5.41) is 3.73. The maximum atomic E-state index is 12.9. The van der Waals surface area contributed by atoms with Crippen molar-refractivity contribution in [3.05, 3.63) is 50.4 Å². The molecule has 0 unspecified atom stereocenters. The second-order valence-electron chi connectivity index (χ2n) is 4.21. The summed E-state index contributed by atoms with van der Waals surface area (Å²) < 4.78 is 38.6. The molecule has 2 rings (SSSR count). The van der Waals surface area contributed by atoms with Gasteiger partial charge >= 0.3 is 6.18 Å². The minimum atomic E-state index is -4.42. The van der Waals surface area contributed by atoms with E-state index >= 15 is 0 Å². The molecule has 1 heterocycles. The van der Waals surface area contributed by atoms with Crippen LogP contribution in [0, 0.1) is 0 Å². The van der Waals surface area contributed by atoms with Gasteiger partial charge in [0.05, 0.1) is 9.88 Å². The molecule has 0 aliphatic heterocycles. The highest BCUT2D eigenvalue weighted by atomic mass is 35.5. The third-order valence-electron chi connectivity index (χ3n) is 2.59. The van der Waals surface area contributed by atoms with Crippen molar-refractivity contribution in [3.63, 3.8) is 0 Å². The van der Waals surface area contributed by atoms with Crippen LogP contribution < -0.4 is 5.32 Å². The van der Waals surface area contributed by atoms with Gasteiger partial charge in [-0.1, -0.05) is 23.7 Å². The lowest BCUT2D eigenvalue weighted by molar-refractivity contribution is -0.141. The van der Waals surface area contributed by atoms with Crippen molar-refractivity contribution in [2.75, 3.05) is 7.05 Å². The molecule has 2 aromatic rings. The van der Waals surface area contributed by atoms with E-state index in [9.17, 15) is 13.2 Å². The number of hydrogen-bond acceptors (Lipinski definition) is 3. The zero-order valence-electron chi connectivity index (χ0n) is 10.6. The van der Waals surface area contributed by atoms with Crippen molar-refractivity contribution >= 4 is 22.9 Å². The van der Waals surface area contributed by atoms with Crippen LogP contribution in [0.5, 0.6) is 0 Å². The average molecular weight is 321 g/mol. The first-order chi connectivity index (χ1) is 9.40. The number of thiazole rings is 1. The molecule has 0 spiro atoms. The first-order valence-electron chi connectivity index (χ1n) is 5.85. The minimum Gasteiger partial charge on any atom is -0.315 e. The summed E-state index contributed by atoms with van der Waals surface area (Å²) in [5.41, 5.74) is 0.0462. The van der Waals surface area contributed by atoms with Gasteiger partial charge in [0.15, 0.2) is 5.69 Å². The van der Waals surface area contributed by atoms with E-state index in [4.69, 9.17) is 11.6 Å². The van der Waals surface area contributed by atoms with Crippen molar-refractivity contribution in [2.45, 2.75) is 19.1 Å². The minimum absolute atomic E-state index is 0.155. The first-order valence-corrected chi connectivity index (χ1v) is 7.04. The standard InChI is InChI=1S/C13H12ClF3N2S/c1-18-7-10-12(13(15,16)17)19-11(20-10)6-8-3-2-4-9(14)5-8/h2-5,18H,6-7H2,1H3. The van der Waals surface area contributed by atoms with Crippen LogP contribution in [0.3, 0.4) is 0 Å². The smallest absolute Gasteiger partial charge is 0.315 e. The van der Waals surface area contributed by atoms with Crippen LogP contribution in [0.4, 0.5) is 13.2 Å². The average Bonchev–Trinajstić information content (AvgIpc) is 2.72. The van der Waals surface area contributed by atoms with E-state index in [1.165, 1.54) is 0 Å². The van der Waals surface area contributed by atoms with Crippen LogP contribution in [0.15, 0.2) is 24.3 Å². The summed E-state index contributed by atoms with van der Waals surface area (Å²) in [4.78, 5) is 3.94. The first kappa shape index (κ1) is 15.3. The number of rotatable bonds is 4. The molecule has 108 valence electrons. The summed E-state index contributed by atoms with van der Waals surface area (Å²) in [6, 6.07) is 7.04. The fourth-order valence-corrected chi connectivity index (χ4v) is 3.15. The van der Waals surface area contributed by atoms with Crippen molar-refractivity contribution in [3.8, 4) is 0 Å². The number of aromatic nitrogens is 1. The van der Waals surface area contributed by atoms with Gasteiger partial charge in [-0.25, -0.2) is 4.98 Å². The largest absolute Gasteiger partial charge is 0.434 e. The van der Waals surface area contributed by atoms with E-state index in [1.807, 2.05) is 6.07 Å². The zero-order valence-corrected chi connectivity index (χ0v) is 12.2. The molecule has 0 amide bonds. The molecule has 1 aromatic heterocycles. The molecule has 0 fully saturated rings. The Kier molecular flexibility index (Phi) is 4.67. The van der Waals surface area contributed by atoms with Crippen molar-refractivity contribution in [2.24, 2.45) is 0 Å². The SMILES string of the molecule is CNCc1sc(Cc2cccc(Cl)c2)nc1C(F)(F)F. The molecule has 1 aromatic carbocycles. The number of alkyl halides is 3. The number of hydrogen-bond donors (Lipinski definition) is 1. The molecule has 0 aliphatic rings. The Balaban J connectivity index is 2.29. The molecule has 0 saturated carbocycles. The second-order valence-corrected chi connectivity index (χ2v) is 5.82. The van der Waals surface area contributed by atoms with Gasteiger partial charge in [-0.2, -0.15) is 13.2 Å². The Morgan fingerprint density at radius 1 is 1.35 bits per heavy atom. The van der Waals surface area contributed by atoms with Gasteiger partial charge in [0.1, 0.15) is 0 Å². The van der Waals surface area contributed by atoms with E-state index in [0.717, 1.165) is 16.9 Å². The van der Waals surface area contributed by atoms with E-state index in [1.54, 1.807) is 25.2 Å². The molecule has 7 heteroatoms. The monoisotopic (exact) mass is 320 g/mol. The fraction of sp³-hybridized carbons (Fsp3) is 0.308. The highest BCUT2D eigenvalue weighted by molar-refractivity contribution is 7.11. The van der Waals surface area contributed by atoms with Gasteiger partial charge in [-0.05, 0) is 24.7 Å². The van der Waals surface area contributed by atoms with E-state index in [0.29, 0.717) is 16.5 Å². The van der Waals surface area contributed by atoms with Crippen LogP contribution in [0.2, 0.25) is 5.02 Å². The molecule has 20 heavy (non-hydrogen) atoms. The highest BCUT2D eigenvalue weighted by Crippen LogP contribution is 2.35. The van der Waals surface area contributed by atoms with Gasteiger partial charge in [-0.3, -0.25) is 0 Å². The van der Waals surface area contributed by atoms with Crippen LogP contribution in [0.1, 0.15) is 21.1 Å². The highest BCUT2D eigenvalue weighted by Gasteiger charge is 2.37. The second kappa shape index (κ2) is 6.11. The summed E-state index contributed by atoms with van der Waals surface area (Å²) in [7, 11) is 1.61. The van der Waals surface area contributed by atoms with Gasteiger partial charge in [0.2, 0.25) is 0 Å². The lowest BCUT2D eigenvalue weighted by Gasteiger charge is -2.04. The van der Waals surface area contributed by atoms with Crippen molar-refractivity contribution < 1.29 is 13.2 Å². The summed E-state index contributed by atoms with van der Waals surface area (Å²) in [6.07, 6.45) is -4.08. The molecule has 2 nitrogen and oxygen atoms in total. The maximum absolute atomic E-state index is 12.9. The van der Waals surface area contributed by atoms with E-state index < -0.39 is 11.9 Å². The summed E-state index contributed by atoms with van der Waals surface area (Å²) >= 11 is 6.94. The normalized spacial score (nSPS) is 11.8. The molecule has 0 saturated heterocycles. The number of nitrogens with zero attached hydrogens (tertiary/aromatic N) is 1. The van der Waals surface area contributed by atoms with Crippen LogP contribution in [-0.4, -0.2) is 12.0 Å². The van der Waals surface area contributed by atoms with Gasteiger partial charge in [-0.15, -0.1) is 11.3 Å². The van der Waals surface area contributed by atoms with Crippen molar-refractivity contribution in [1.29, 1.82) is 0 Å². The zero-order chi connectivity index (χ0) is 14.8. The predicted octanol–water partition coefficient (Wildman–Crippen LogP) is 4.13. The van der Waals surface area contributed by atoms with E-state index in [2.05, 4.69) is 10.3 Å². The number of nitrogens with one attached hydrogen (secondary N) is 1. The molecule has 0 radical (unpaired) electrons. The summed E-state index contributed by atoms with van der Waals surface area (Å²) in [5.74, 6) is 0. The maximum Gasteiger partial charge on any atom is 0.434 e. The third kappa shape index (κ3) is 3.71. The topological polar surface area (TPSA) is 24.9 Å². The van der Waals surface area contributed by atoms with Gasteiger partial charge in [0.25, 0.3) is 0 Å². The number of benzene rings is 1. The molecule has 0 bridgehead atoms. The molecule has 0 atom stereocenters. The summed E-state index contributed by atoms with van der Waals surface area (Å²) in [6.45, 7) is 0.155. The fourth-order valence-electron chi connectivity index (χ4n) is 1.80. The molecular formula is C13H12ClF3N2S. The van der Waals surface area contributed by atoms with Gasteiger partial charge in [0, 0.05) is 18.0 Å². The Morgan fingerprint density at radius 3 is 2.70 bits per heavy atom. The Morgan fingerprint density at radius 2 is 2.10 bits per heavy atom. The van der Waals surface area contributed by atoms with Crippen LogP contribution in [0.25, 0.3) is 0 Å². The predicted molar refractivity (Wildman–Crippen MR) is 74.1 cm³/mol. The van der Waals surface area contributed by atoms with Crippen LogP contribution >= 0.6 is 22.9 Å². The van der Waals surface area contributed by atoms with Crippen LogP contribution in [-0.2, 0) is 19.1 Å². The third-order valence-corrected chi connectivity index (χ3v) is 3.88. The lowest BCUT2D eigenvalue weighted by atomic mass is 10.2. The molecule has 1 N–H and O–H groups in total. The molecular weight excluding hydrogens is 309 g/mol. The lowest BCUT2D eigenvalue weighted by Crippen LogP contribution is -2.12.